The topological polar surface area (TPSA) is 41.5 Å². The van der Waals surface area contributed by atoms with Gasteiger partial charge in [-0.05, 0) is 24.0 Å². The smallest absolute Gasteiger partial charge is 0.122 e. The van der Waals surface area contributed by atoms with Gasteiger partial charge < -0.3 is 9.94 Å². The fourth-order valence-electron chi connectivity index (χ4n) is 1.94. The summed E-state index contributed by atoms with van der Waals surface area (Å²) in [6.45, 7) is 8.02. The molecule has 0 amide bonds. The summed E-state index contributed by atoms with van der Waals surface area (Å²) in [5, 5.41) is 8.56. The van der Waals surface area contributed by atoms with Crippen LogP contribution in [0.2, 0.25) is 0 Å². The maximum atomic E-state index is 8.56. The molecular formula is C16H29NO2. The Hall–Kier alpha value is -1.06. The van der Waals surface area contributed by atoms with Gasteiger partial charge >= 0.3 is 0 Å². The Bertz CT molecular complexity index is 356. The predicted octanol–water partition coefficient (Wildman–Crippen LogP) is 3.91. The number of fused-ring (bicyclic) bond motifs is 1. The molecule has 1 aromatic rings. The van der Waals surface area contributed by atoms with Crippen LogP contribution >= 0.6 is 0 Å². The first kappa shape index (κ1) is 16.0. The normalized spacial score (nSPS) is 17.2. The van der Waals surface area contributed by atoms with Crippen molar-refractivity contribution in [2.75, 3.05) is 13.2 Å². The van der Waals surface area contributed by atoms with Gasteiger partial charge in [-0.3, -0.25) is 0 Å². The van der Waals surface area contributed by atoms with Gasteiger partial charge in [0.25, 0.3) is 0 Å². The van der Waals surface area contributed by atoms with Gasteiger partial charge in [-0.1, -0.05) is 51.8 Å². The third-order valence-electron chi connectivity index (χ3n) is 3.73. The van der Waals surface area contributed by atoms with Crippen LogP contribution in [-0.2, 0) is 6.42 Å². The van der Waals surface area contributed by atoms with Crippen molar-refractivity contribution in [1.82, 2.24) is 5.48 Å². The molecule has 0 radical (unpaired) electrons. The van der Waals surface area contributed by atoms with E-state index in [-0.39, 0.29) is 1.43 Å². The monoisotopic (exact) mass is 267 g/mol. The van der Waals surface area contributed by atoms with Gasteiger partial charge in [-0.2, -0.15) is 0 Å². The molecule has 0 saturated carbocycles. The minimum Gasteiger partial charge on any atom is -0.493 e. The zero-order valence-corrected chi connectivity index (χ0v) is 12.4. The second kappa shape index (κ2) is 8.94. The summed E-state index contributed by atoms with van der Waals surface area (Å²) in [6.07, 6.45) is 3.64. The number of para-hydroxylation sites is 1. The van der Waals surface area contributed by atoms with Crippen molar-refractivity contribution in [3.05, 3.63) is 29.8 Å². The average molecular weight is 267 g/mol. The first-order valence-electron chi connectivity index (χ1n) is 7.28. The lowest BCUT2D eigenvalue weighted by Crippen LogP contribution is -2.29. The number of rotatable bonds is 4. The number of ether oxygens (including phenoxy) is 1. The van der Waals surface area contributed by atoms with Gasteiger partial charge in [0.2, 0.25) is 0 Å². The summed E-state index contributed by atoms with van der Waals surface area (Å²) in [6, 6.07) is 8.04. The van der Waals surface area contributed by atoms with E-state index in [1.54, 1.807) is 0 Å². The Morgan fingerprint density at radius 2 is 2.05 bits per heavy atom. The van der Waals surface area contributed by atoms with Crippen LogP contribution in [0.3, 0.4) is 0 Å². The van der Waals surface area contributed by atoms with Gasteiger partial charge in [0.05, 0.1) is 6.61 Å². The van der Waals surface area contributed by atoms with Gasteiger partial charge in [-0.15, -0.1) is 0 Å². The van der Waals surface area contributed by atoms with E-state index in [1.807, 2.05) is 18.2 Å². The van der Waals surface area contributed by atoms with Crippen LogP contribution in [0.1, 0.15) is 40.6 Å². The first-order valence-corrected chi connectivity index (χ1v) is 7.28. The van der Waals surface area contributed by atoms with Gasteiger partial charge in [-0.25, -0.2) is 5.48 Å². The summed E-state index contributed by atoms with van der Waals surface area (Å²) >= 11 is 0. The van der Waals surface area contributed by atoms with Crippen molar-refractivity contribution >= 4 is 0 Å². The quantitative estimate of drug-likeness (QED) is 0.813. The number of hydrogen-bond acceptors (Lipinski definition) is 3. The highest BCUT2D eigenvalue weighted by molar-refractivity contribution is 5.35. The van der Waals surface area contributed by atoms with E-state index < -0.39 is 0 Å². The summed E-state index contributed by atoms with van der Waals surface area (Å²) in [5.74, 6) is 2.29. The van der Waals surface area contributed by atoms with Gasteiger partial charge in [0.15, 0.2) is 0 Å². The van der Waals surface area contributed by atoms with Crippen LogP contribution in [0.4, 0.5) is 0 Å². The van der Waals surface area contributed by atoms with Crippen LogP contribution in [0, 0.1) is 11.8 Å². The SMILES string of the molecule is CCC(C)CC.ONCC1COc2ccccc2C1.[HH]. The molecule has 2 N–H and O–H groups in total. The van der Waals surface area contributed by atoms with Crippen molar-refractivity contribution in [3.8, 4) is 5.75 Å². The van der Waals surface area contributed by atoms with E-state index in [4.69, 9.17) is 9.94 Å². The molecule has 0 aliphatic carbocycles. The molecule has 0 saturated heterocycles. The zero-order chi connectivity index (χ0) is 14.1. The number of nitrogens with one attached hydrogen (secondary N) is 1. The Labute approximate surface area is 118 Å². The molecule has 3 heteroatoms. The largest absolute Gasteiger partial charge is 0.493 e. The van der Waals surface area contributed by atoms with E-state index in [0.29, 0.717) is 19.1 Å². The average Bonchev–Trinajstić information content (AvgIpc) is 2.47. The highest BCUT2D eigenvalue weighted by Crippen LogP contribution is 2.26. The van der Waals surface area contributed by atoms with Crippen LogP contribution in [0.15, 0.2) is 24.3 Å². The number of hydrogen-bond donors (Lipinski definition) is 2. The van der Waals surface area contributed by atoms with Crippen LogP contribution in [0.25, 0.3) is 0 Å². The molecule has 0 fully saturated rings. The lowest BCUT2D eigenvalue weighted by molar-refractivity contribution is 0.123. The third-order valence-corrected chi connectivity index (χ3v) is 3.73. The molecule has 1 atom stereocenters. The molecule has 110 valence electrons. The molecular weight excluding hydrogens is 238 g/mol. The highest BCUT2D eigenvalue weighted by Gasteiger charge is 2.18. The Morgan fingerprint density at radius 1 is 1.37 bits per heavy atom. The molecule has 3 nitrogen and oxygen atoms in total. The fraction of sp³-hybridized carbons (Fsp3) is 0.625. The van der Waals surface area contributed by atoms with Crippen molar-refractivity contribution < 1.29 is 11.4 Å². The Kier molecular flexibility index (Phi) is 7.53. The van der Waals surface area contributed by atoms with Crippen LogP contribution < -0.4 is 10.2 Å². The third kappa shape index (κ3) is 5.62. The summed E-state index contributed by atoms with van der Waals surface area (Å²) in [7, 11) is 0. The minimum absolute atomic E-state index is 0. The zero-order valence-electron chi connectivity index (χ0n) is 12.4. The highest BCUT2D eigenvalue weighted by atomic mass is 16.5. The number of benzene rings is 1. The van der Waals surface area contributed by atoms with Crippen LogP contribution in [0.5, 0.6) is 5.75 Å². The molecule has 1 aliphatic rings. The number of hydroxylamine groups is 1. The standard InChI is InChI=1S/C10H13NO2.C6H14.H2/c12-11-6-8-5-9-3-1-2-4-10(9)13-7-8;1-4-6(3)5-2;/h1-4,8,11-12H,5-7H2;6H,4-5H2,1-3H3;1H. The van der Waals surface area contributed by atoms with Gasteiger partial charge in [0.1, 0.15) is 5.75 Å². The minimum atomic E-state index is 0. The van der Waals surface area contributed by atoms with E-state index in [0.717, 1.165) is 18.1 Å². The molecule has 1 heterocycles. The molecule has 2 rings (SSSR count). The van der Waals surface area contributed by atoms with E-state index in [9.17, 15) is 0 Å². The Balaban J connectivity index is 0.000000448. The maximum Gasteiger partial charge on any atom is 0.122 e. The van der Waals surface area contributed by atoms with Gasteiger partial charge in [0, 0.05) is 13.9 Å². The molecule has 19 heavy (non-hydrogen) atoms. The summed E-state index contributed by atoms with van der Waals surface area (Å²) < 4.78 is 5.54. The molecule has 0 bridgehead atoms. The maximum absolute atomic E-state index is 8.56. The summed E-state index contributed by atoms with van der Waals surface area (Å²) in [5.41, 5.74) is 3.42. The van der Waals surface area contributed by atoms with E-state index >= 15 is 0 Å². The molecule has 1 unspecified atom stereocenters. The van der Waals surface area contributed by atoms with Crippen LogP contribution in [-0.4, -0.2) is 18.4 Å². The van der Waals surface area contributed by atoms with Crippen molar-refractivity contribution in [2.45, 2.75) is 40.0 Å². The van der Waals surface area contributed by atoms with Crippen molar-refractivity contribution in [3.63, 3.8) is 0 Å². The second-order valence-electron chi connectivity index (χ2n) is 5.27. The molecule has 1 aliphatic heterocycles. The first-order chi connectivity index (χ1) is 9.21. The predicted molar refractivity (Wildman–Crippen MR) is 80.8 cm³/mol. The molecule has 1 aromatic carbocycles. The molecule has 0 spiro atoms. The molecule has 0 aromatic heterocycles. The van der Waals surface area contributed by atoms with E-state index in [1.165, 1.54) is 18.4 Å². The second-order valence-corrected chi connectivity index (χ2v) is 5.27. The Morgan fingerprint density at radius 3 is 2.63 bits per heavy atom. The lowest BCUT2D eigenvalue weighted by Gasteiger charge is -2.24. The fourth-order valence-corrected chi connectivity index (χ4v) is 1.94. The lowest BCUT2D eigenvalue weighted by atomic mass is 9.97. The summed E-state index contributed by atoms with van der Waals surface area (Å²) in [4.78, 5) is 0. The van der Waals surface area contributed by atoms with Crippen molar-refractivity contribution in [1.29, 1.82) is 0 Å². The van der Waals surface area contributed by atoms with Crippen molar-refractivity contribution in [2.24, 2.45) is 11.8 Å². The van der Waals surface area contributed by atoms with E-state index in [2.05, 4.69) is 32.3 Å².